The van der Waals surface area contributed by atoms with Crippen LogP contribution in [0.4, 0.5) is 0 Å². The van der Waals surface area contributed by atoms with Crippen LogP contribution >= 0.6 is 0 Å². The van der Waals surface area contributed by atoms with Crippen LogP contribution in [0.2, 0.25) is 0 Å². The van der Waals surface area contributed by atoms with Crippen molar-refractivity contribution in [1.82, 2.24) is 9.62 Å². The fourth-order valence-electron chi connectivity index (χ4n) is 1.07. The number of sulfonamides is 1. The number of rotatable bonds is 6. The molecular formula is C7H18N2O3S. The van der Waals surface area contributed by atoms with E-state index in [4.69, 9.17) is 5.11 Å². The van der Waals surface area contributed by atoms with Crippen molar-refractivity contribution < 1.29 is 13.5 Å². The molecule has 80 valence electrons. The second-order valence-corrected chi connectivity index (χ2v) is 5.20. The highest BCUT2D eigenvalue weighted by Gasteiger charge is 2.13. The van der Waals surface area contributed by atoms with Crippen LogP contribution in [-0.2, 0) is 10.0 Å². The van der Waals surface area contributed by atoms with E-state index in [1.165, 1.54) is 0 Å². The summed E-state index contributed by atoms with van der Waals surface area (Å²) in [5.74, 6) is -0.231. The molecule has 5 nitrogen and oxygen atoms in total. The molecule has 0 aliphatic heterocycles. The second kappa shape index (κ2) is 5.54. The van der Waals surface area contributed by atoms with E-state index < -0.39 is 10.0 Å². The van der Waals surface area contributed by atoms with Crippen molar-refractivity contribution in [2.45, 2.75) is 13.0 Å². The molecule has 0 heterocycles. The maximum absolute atomic E-state index is 11.1. The van der Waals surface area contributed by atoms with Crippen LogP contribution < -0.4 is 4.72 Å². The third-order valence-electron chi connectivity index (χ3n) is 1.38. The van der Waals surface area contributed by atoms with Gasteiger partial charge >= 0.3 is 0 Å². The quantitative estimate of drug-likeness (QED) is 0.581. The molecule has 6 heteroatoms. The summed E-state index contributed by atoms with van der Waals surface area (Å²) in [6.07, 6.45) is 0. The first-order valence-corrected chi connectivity index (χ1v) is 5.78. The minimum Gasteiger partial charge on any atom is -0.395 e. The molecule has 0 aromatic heterocycles. The Kier molecular flexibility index (Phi) is 5.46. The maximum atomic E-state index is 11.1. The zero-order valence-electron chi connectivity index (χ0n) is 8.32. The fourth-order valence-corrected chi connectivity index (χ4v) is 2.12. The monoisotopic (exact) mass is 210 g/mol. The van der Waals surface area contributed by atoms with E-state index in [1.807, 2.05) is 19.0 Å². The van der Waals surface area contributed by atoms with Gasteiger partial charge in [0, 0.05) is 12.6 Å². The van der Waals surface area contributed by atoms with Crippen LogP contribution in [-0.4, -0.2) is 57.5 Å². The number of hydrogen-bond acceptors (Lipinski definition) is 4. The van der Waals surface area contributed by atoms with Gasteiger partial charge in [-0.25, -0.2) is 13.1 Å². The summed E-state index contributed by atoms with van der Waals surface area (Å²) in [6, 6.07) is -0.133. The zero-order valence-corrected chi connectivity index (χ0v) is 9.13. The molecule has 0 aliphatic rings. The largest absolute Gasteiger partial charge is 0.395 e. The Labute approximate surface area is 79.8 Å². The number of hydrogen-bond donors (Lipinski definition) is 2. The van der Waals surface area contributed by atoms with Crippen LogP contribution in [0.5, 0.6) is 0 Å². The molecule has 0 bridgehead atoms. The second-order valence-electron chi connectivity index (χ2n) is 3.32. The lowest BCUT2D eigenvalue weighted by atomic mass is 10.3. The Balaban J connectivity index is 3.97. The highest BCUT2D eigenvalue weighted by molar-refractivity contribution is 7.89. The molecule has 0 spiro atoms. The van der Waals surface area contributed by atoms with E-state index in [2.05, 4.69) is 4.72 Å². The molecule has 0 saturated carbocycles. The molecule has 0 fully saturated rings. The van der Waals surface area contributed by atoms with Crippen molar-refractivity contribution in [3.63, 3.8) is 0 Å². The molecular weight excluding hydrogens is 192 g/mol. The Morgan fingerprint density at radius 1 is 1.46 bits per heavy atom. The minimum absolute atomic E-state index is 0.133. The van der Waals surface area contributed by atoms with E-state index in [1.54, 1.807) is 6.92 Å². The van der Waals surface area contributed by atoms with E-state index in [0.29, 0.717) is 6.54 Å². The van der Waals surface area contributed by atoms with Crippen LogP contribution in [0.25, 0.3) is 0 Å². The average molecular weight is 210 g/mol. The van der Waals surface area contributed by atoms with Crippen molar-refractivity contribution in [3.8, 4) is 0 Å². The predicted octanol–water partition coefficient (Wildman–Crippen LogP) is -1.15. The number of likely N-dealkylation sites (N-methyl/N-ethyl adjacent to an activating group) is 1. The number of nitrogens with zero attached hydrogens (tertiary/aromatic N) is 1. The Hall–Kier alpha value is -0.170. The molecule has 1 atom stereocenters. The van der Waals surface area contributed by atoms with Gasteiger partial charge in [-0.1, -0.05) is 0 Å². The molecule has 0 saturated heterocycles. The van der Waals surface area contributed by atoms with Gasteiger partial charge in [-0.15, -0.1) is 0 Å². The highest BCUT2D eigenvalue weighted by Crippen LogP contribution is 1.90. The first kappa shape index (κ1) is 12.8. The Morgan fingerprint density at radius 3 is 2.38 bits per heavy atom. The summed E-state index contributed by atoms with van der Waals surface area (Å²) in [6.45, 7) is 2.09. The lowest BCUT2D eigenvalue weighted by Crippen LogP contribution is -2.41. The SMILES string of the molecule is CC(CN(C)C)NS(=O)(=O)CCO. The van der Waals surface area contributed by atoms with E-state index in [-0.39, 0.29) is 18.4 Å². The summed E-state index contributed by atoms with van der Waals surface area (Å²) in [5.41, 5.74) is 0. The number of aliphatic hydroxyl groups is 1. The number of aliphatic hydroxyl groups excluding tert-OH is 1. The highest BCUT2D eigenvalue weighted by atomic mass is 32.2. The van der Waals surface area contributed by atoms with E-state index in [9.17, 15) is 8.42 Å². The van der Waals surface area contributed by atoms with Gasteiger partial charge in [-0.3, -0.25) is 0 Å². The van der Waals surface area contributed by atoms with Gasteiger partial charge in [0.1, 0.15) is 0 Å². The third-order valence-corrected chi connectivity index (χ3v) is 2.86. The van der Waals surface area contributed by atoms with Crippen molar-refractivity contribution in [2.75, 3.05) is 33.0 Å². The summed E-state index contributed by atoms with van der Waals surface area (Å²) in [7, 11) is 0.441. The molecule has 0 aliphatic carbocycles. The standard InChI is InChI=1S/C7H18N2O3S/c1-7(6-9(2)3)8-13(11,12)5-4-10/h7-8,10H,4-6H2,1-3H3. The number of nitrogens with one attached hydrogen (secondary N) is 1. The van der Waals surface area contributed by atoms with Gasteiger partial charge in [0.15, 0.2) is 0 Å². The zero-order chi connectivity index (χ0) is 10.5. The molecule has 2 N–H and O–H groups in total. The van der Waals surface area contributed by atoms with Gasteiger partial charge in [0.2, 0.25) is 10.0 Å². The lowest BCUT2D eigenvalue weighted by molar-refractivity contribution is 0.318. The first-order chi connectivity index (χ1) is 5.87. The molecule has 0 radical (unpaired) electrons. The fraction of sp³-hybridized carbons (Fsp3) is 1.00. The molecule has 13 heavy (non-hydrogen) atoms. The van der Waals surface area contributed by atoms with Gasteiger partial charge in [0.25, 0.3) is 0 Å². The molecule has 0 aromatic carbocycles. The first-order valence-electron chi connectivity index (χ1n) is 4.13. The van der Waals surface area contributed by atoms with Gasteiger partial charge in [-0.2, -0.15) is 0 Å². The summed E-state index contributed by atoms with van der Waals surface area (Å²) < 4.78 is 24.7. The summed E-state index contributed by atoms with van der Waals surface area (Å²) >= 11 is 0. The Morgan fingerprint density at radius 2 is 2.00 bits per heavy atom. The normalized spacial score (nSPS) is 14.8. The lowest BCUT2D eigenvalue weighted by Gasteiger charge is -2.17. The van der Waals surface area contributed by atoms with Gasteiger partial charge in [0.05, 0.1) is 12.4 Å². The smallest absolute Gasteiger partial charge is 0.214 e. The van der Waals surface area contributed by atoms with Crippen molar-refractivity contribution >= 4 is 10.0 Å². The Bertz CT molecular complexity index is 226. The molecule has 0 amide bonds. The summed E-state index contributed by atoms with van der Waals surface area (Å²) in [5, 5.41) is 8.47. The van der Waals surface area contributed by atoms with Gasteiger partial charge < -0.3 is 10.0 Å². The maximum Gasteiger partial charge on any atom is 0.214 e. The van der Waals surface area contributed by atoms with E-state index in [0.717, 1.165) is 0 Å². The average Bonchev–Trinajstić information content (AvgIpc) is 1.81. The van der Waals surface area contributed by atoms with Crippen LogP contribution in [0.3, 0.4) is 0 Å². The molecule has 1 unspecified atom stereocenters. The van der Waals surface area contributed by atoms with Crippen LogP contribution in [0, 0.1) is 0 Å². The molecule has 0 aromatic rings. The van der Waals surface area contributed by atoms with E-state index >= 15 is 0 Å². The third kappa shape index (κ3) is 6.94. The predicted molar refractivity (Wildman–Crippen MR) is 52.0 cm³/mol. The van der Waals surface area contributed by atoms with Crippen LogP contribution in [0.15, 0.2) is 0 Å². The van der Waals surface area contributed by atoms with Crippen LogP contribution in [0.1, 0.15) is 6.92 Å². The van der Waals surface area contributed by atoms with Crippen molar-refractivity contribution in [1.29, 1.82) is 0 Å². The minimum atomic E-state index is -3.30. The van der Waals surface area contributed by atoms with Crippen molar-refractivity contribution in [3.05, 3.63) is 0 Å². The topological polar surface area (TPSA) is 69.6 Å². The van der Waals surface area contributed by atoms with Crippen molar-refractivity contribution in [2.24, 2.45) is 0 Å². The van der Waals surface area contributed by atoms with Gasteiger partial charge in [-0.05, 0) is 21.0 Å². The summed E-state index contributed by atoms with van der Waals surface area (Å²) in [4.78, 5) is 1.89. The molecule has 0 rings (SSSR count).